The van der Waals surface area contributed by atoms with Gasteiger partial charge in [0.25, 0.3) is 0 Å². The number of hydrogen-bond donors (Lipinski definition) is 4. The summed E-state index contributed by atoms with van der Waals surface area (Å²) < 4.78 is 23.1. The van der Waals surface area contributed by atoms with Crippen LogP contribution in [-0.4, -0.2) is 59.0 Å². The fourth-order valence-electron chi connectivity index (χ4n) is 2.38. The van der Waals surface area contributed by atoms with Crippen molar-refractivity contribution in [1.29, 1.82) is 0 Å². The predicted molar refractivity (Wildman–Crippen MR) is 97.5 cm³/mol. The zero-order chi connectivity index (χ0) is 20.4. The first-order chi connectivity index (χ1) is 12.7. The number of ketones is 1. The minimum Gasteiger partial charge on any atom is -0.480 e. The van der Waals surface area contributed by atoms with E-state index in [-0.39, 0.29) is 37.1 Å². The van der Waals surface area contributed by atoms with Crippen LogP contribution in [0.2, 0.25) is 0 Å². The molecule has 0 radical (unpaired) electrons. The molecule has 10 heteroatoms. The van der Waals surface area contributed by atoms with Crippen LogP contribution >= 0.6 is 7.60 Å². The third-order valence-electron chi connectivity index (χ3n) is 3.60. The molecular formula is C17H26NO8P. The molecule has 9 nitrogen and oxygen atoms in total. The molecule has 1 rings (SSSR count). The van der Waals surface area contributed by atoms with Gasteiger partial charge in [0.05, 0.1) is 32.0 Å². The molecule has 0 aromatic heterocycles. The first-order valence-corrected chi connectivity index (χ1v) is 10.2. The lowest BCUT2D eigenvalue weighted by Gasteiger charge is -2.23. The molecule has 0 spiro atoms. The number of aliphatic hydroxyl groups is 2. The minimum absolute atomic E-state index is 0.0582. The van der Waals surface area contributed by atoms with Gasteiger partial charge >= 0.3 is 13.6 Å². The van der Waals surface area contributed by atoms with E-state index in [1.807, 2.05) is 0 Å². The van der Waals surface area contributed by atoms with Gasteiger partial charge in [0.15, 0.2) is 12.1 Å². The summed E-state index contributed by atoms with van der Waals surface area (Å²) >= 11 is 0. The van der Waals surface area contributed by atoms with Crippen LogP contribution in [0.15, 0.2) is 24.3 Å². The molecule has 1 atom stereocenters. The van der Waals surface area contributed by atoms with Crippen molar-refractivity contribution >= 4 is 19.3 Å². The third-order valence-corrected chi connectivity index (χ3v) is 5.72. The normalized spacial score (nSPS) is 12.9. The molecule has 0 saturated carbocycles. The molecule has 27 heavy (non-hydrogen) atoms. The number of hydrogen-bond acceptors (Lipinski definition) is 8. The van der Waals surface area contributed by atoms with Crippen LogP contribution in [0.3, 0.4) is 0 Å². The Morgan fingerprint density at radius 2 is 1.67 bits per heavy atom. The number of carboxylic acids is 1. The van der Waals surface area contributed by atoms with Crippen molar-refractivity contribution in [3.63, 3.8) is 0 Å². The van der Waals surface area contributed by atoms with Crippen molar-refractivity contribution in [2.75, 3.05) is 25.9 Å². The van der Waals surface area contributed by atoms with E-state index in [0.717, 1.165) is 0 Å². The van der Waals surface area contributed by atoms with E-state index < -0.39 is 32.4 Å². The summed E-state index contributed by atoms with van der Waals surface area (Å²) in [7, 11) is -3.56. The van der Waals surface area contributed by atoms with E-state index in [1.165, 1.54) is 12.1 Å². The van der Waals surface area contributed by atoms with Crippen molar-refractivity contribution in [2.45, 2.75) is 32.6 Å². The number of Topliss-reactive ketones (excluding diaryl/α,β-unsaturated/α-hetero) is 1. The number of carbonyl (C=O) groups is 2. The van der Waals surface area contributed by atoms with Gasteiger partial charge < -0.3 is 24.4 Å². The zero-order valence-corrected chi connectivity index (χ0v) is 16.2. The van der Waals surface area contributed by atoms with E-state index in [0.29, 0.717) is 5.56 Å². The van der Waals surface area contributed by atoms with Gasteiger partial charge in [0, 0.05) is 12.0 Å². The summed E-state index contributed by atoms with van der Waals surface area (Å²) in [4.78, 5) is 23.5. The molecule has 1 aromatic carbocycles. The Labute approximate surface area is 157 Å². The second kappa shape index (κ2) is 11.3. The quantitative estimate of drug-likeness (QED) is 0.281. The highest BCUT2D eigenvalue weighted by molar-refractivity contribution is 7.54. The number of carbonyl (C=O) groups excluding carboxylic acids is 1. The summed E-state index contributed by atoms with van der Waals surface area (Å²) in [6, 6.07) is 5.03. The highest BCUT2D eigenvalue weighted by Crippen LogP contribution is 2.48. The van der Waals surface area contributed by atoms with Gasteiger partial charge in [-0.05, 0) is 19.4 Å². The molecule has 0 bridgehead atoms. The lowest BCUT2D eigenvalue weighted by atomic mass is 10.0. The Balaban J connectivity index is 2.91. The second-order valence-electron chi connectivity index (χ2n) is 5.71. The minimum atomic E-state index is -3.56. The van der Waals surface area contributed by atoms with Gasteiger partial charge in [-0.2, -0.15) is 0 Å². The maximum Gasteiger partial charge on any atom is 0.332 e. The van der Waals surface area contributed by atoms with Crippen molar-refractivity contribution in [3.05, 3.63) is 35.4 Å². The topological polar surface area (TPSA) is 142 Å². The van der Waals surface area contributed by atoms with Gasteiger partial charge in [0.2, 0.25) is 0 Å². The summed E-state index contributed by atoms with van der Waals surface area (Å²) in [5.74, 6) is -1.54. The molecule has 152 valence electrons. The number of aliphatic carboxylic acids is 1. The van der Waals surface area contributed by atoms with Crippen LogP contribution < -0.4 is 5.32 Å². The zero-order valence-electron chi connectivity index (χ0n) is 15.3. The van der Waals surface area contributed by atoms with E-state index in [9.17, 15) is 14.2 Å². The van der Waals surface area contributed by atoms with Crippen LogP contribution in [0, 0.1) is 0 Å². The lowest BCUT2D eigenvalue weighted by molar-refractivity contribution is -0.136. The summed E-state index contributed by atoms with van der Waals surface area (Å²) in [6.45, 7) is 3.06. The Morgan fingerprint density at radius 3 is 2.11 bits per heavy atom. The van der Waals surface area contributed by atoms with Gasteiger partial charge in [-0.1, -0.05) is 24.3 Å². The molecule has 0 aliphatic heterocycles. The van der Waals surface area contributed by atoms with E-state index in [2.05, 4.69) is 5.32 Å². The maximum absolute atomic E-state index is 12.7. The molecule has 0 saturated heterocycles. The standard InChI is InChI=1S/C17H26NO8P/c1-3-25-27(24,26-4-2)11-14(18-10-16(20)21)15(19)9-12-5-7-13(8-6-12)17(22)23/h5-8,14,17-18,22-23H,3-4,9-11H2,1-2H3,(H,20,21). The Kier molecular flexibility index (Phi) is 9.79. The number of carboxylic acid groups (broad SMARTS) is 1. The smallest absolute Gasteiger partial charge is 0.332 e. The average molecular weight is 403 g/mol. The van der Waals surface area contributed by atoms with Gasteiger partial charge in [0.1, 0.15) is 0 Å². The molecule has 0 fully saturated rings. The molecule has 0 heterocycles. The van der Waals surface area contributed by atoms with Crippen LogP contribution in [0.25, 0.3) is 0 Å². The van der Waals surface area contributed by atoms with Crippen LogP contribution in [0.1, 0.15) is 31.3 Å². The fourth-order valence-corrected chi connectivity index (χ4v) is 4.23. The largest absolute Gasteiger partial charge is 0.480 e. The number of benzene rings is 1. The Hall–Kier alpha value is -1.61. The molecule has 1 aromatic rings. The van der Waals surface area contributed by atoms with E-state index in [4.69, 9.17) is 24.4 Å². The predicted octanol–water partition coefficient (Wildman–Crippen LogP) is 1.09. The number of nitrogens with one attached hydrogen (secondary N) is 1. The van der Waals surface area contributed by atoms with Crippen LogP contribution in [-0.2, 0) is 29.6 Å². The molecule has 4 N–H and O–H groups in total. The third kappa shape index (κ3) is 8.30. The van der Waals surface area contributed by atoms with Gasteiger partial charge in [-0.25, -0.2) is 0 Å². The van der Waals surface area contributed by atoms with Gasteiger partial charge in [-0.15, -0.1) is 0 Å². The van der Waals surface area contributed by atoms with Crippen LogP contribution in [0.5, 0.6) is 0 Å². The molecule has 0 amide bonds. The first-order valence-electron chi connectivity index (χ1n) is 8.51. The lowest BCUT2D eigenvalue weighted by Crippen LogP contribution is -2.43. The SMILES string of the molecule is CCOP(=O)(CC(NCC(=O)O)C(=O)Cc1ccc(C(O)O)cc1)OCC. The van der Waals surface area contributed by atoms with Crippen molar-refractivity contribution in [3.8, 4) is 0 Å². The number of rotatable bonds is 13. The van der Waals surface area contributed by atoms with E-state index in [1.54, 1.807) is 26.0 Å². The highest BCUT2D eigenvalue weighted by atomic mass is 31.2. The van der Waals surface area contributed by atoms with Crippen molar-refractivity contribution in [1.82, 2.24) is 5.32 Å². The molecule has 1 unspecified atom stereocenters. The summed E-state index contributed by atoms with van der Waals surface area (Å²) in [6.07, 6.45) is -1.95. The monoisotopic (exact) mass is 403 g/mol. The average Bonchev–Trinajstić information content (AvgIpc) is 2.59. The summed E-state index contributed by atoms with van der Waals surface area (Å²) in [5, 5.41) is 29.6. The van der Waals surface area contributed by atoms with Gasteiger partial charge in [-0.3, -0.25) is 19.5 Å². The Bertz CT molecular complexity index is 651. The highest BCUT2D eigenvalue weighted by Gasteiger charge is 2.32. The summed E-state index contributed by atoms with van der Waals surface area (Å²) in [5.41, 5.74) is 0.873. The fraction of sp³-hybridized carbons (Fsp3) is 0.529. The Morgan fingerprint density at radius 1 is 1.11 bits per heavy atom. The molecular weight excluding hydrogens is 377 g/mol. The first kappa shape index (κ1) is 23.4. The van der Waals surface area contributed by atoms with E-state index >= 15 is 0 Å². The molecule has 0 aliphatic carbocycles. The van der Waals surface area contributed by atoms with Crippen LogP contribution in [0.4, 0.5) is 0 Å². The maximum atomic E-state index is 12.7. The van der Waals surface area contributed by atoms with Crippen molar-refractivity contribution < 1.29 is 38.5 Å². The second-order valence-corrected chi connectivity index (χ2v) is 7.82. The van der Waals surface area contributed by atoms with Crippen molar-refractivity contribution in [2.24, 2.45) is 0 Å². The molecule has 0 aliphatic rings. The number of aliphatic hydroxyl groups excluding tert-OH is 1.